The van der Waals surface area contributed by atoms with Gasteiger partial charge in [0.25, 0.3) is 11.6 Å². The van der Waals surface area contributed by atoms with Gasteiger partial charge in [-0.15, -0.1) is 0 Å². The molecule has 2 aromatic rings. The van der Waals surface area contributed by atoms with Crippen molar-refractivity contribution < 1.29 is 22.9 Å². The Balaban J connectivity index is 1.83. The van der Waals surface area contributed by atoms with Crippen LogP contribution in [0.3, 0.4) is 0 Å². The molecule has 0 aliphatic rings. The summed E-state index contributed by atoms with van der Waals surface area (Å²) in [6.45, 7) is -0.0116. The number of carbonyl (C=O) groups is 2. The molecule has 0 aliphatic heterocycles. The van der Waals surface area contributed by atoms with Gasteiger partial charge in [-0.25, -0.2) is 8.42 Å². The number of benzene rings is 2. The van der Waals surface area contributed by atoms with Crippen molar-refractivity contribution in [3.8, 4) is 0 Å². The molecule has 0 radical (unpaired) electrons. The van der Waals surface area contributed by atoms with Crippen molar-refractivity contribution in [2.45, 2.75) is 4.90 Å². The molecule has 0 atom stereocenters. The largest absolute Gasteiger partial charge is 0.378 e. The van der Waals surface area contributed by atoms with Crippen LogP contribution in [0.2, 0.25) is 5.02 Å². The highest BCUT2D eigenvalue weighted by Gasteiger charge is 2.18. The maximum atomic E-state index is 12.0. The number of nitro groups is 1. The Labute approximate surface area is 177 Å². The number of amides is 2. The fourth-order valence-electron chi connectivity index (χ4n) is 2.41. The SMILES string of the molecule is CS(=O)(=O)c1ccc(NCCNC(=O)CNC(=O)c2ccccc2Cl)c([N+](=O)[O-])c1. The van der Waals surface area contributed by atoms with Gasteiger partial charge in [0, 0.05) is 25.4 Å². The molecule has 2 amide bonds. The number of carbonyl (C=O) groups excluding carboxylic acids is 2. The third-order valence-corrected chi connectivity index (χ3v) is 5.32. The Morgan fingerprint density at radius 3 is 2.43 bits per heavy atom. The Morgan fingerprint density at radius 2 is 1.80 bits per heavy atom. The van der Waals surface area contributed by atoms with E-state index >= 15 is 0 Å². The minimum absolute atomic E-state index is 0.117. The summed E-state index contributed by atoms with van der Waals surface area (Å²) in [5.41, 5.74) is -0.0246. The second-order valence-corrected chi connectivity index (χ2v) is 8.57. The standard InChI is InChI=1S/C18H19ClN4O6S/c1-30(28,29)12-6-7-15(16(10-12)23(26)27)20-8-9-21-17(24)11-22-18(25)13-4-2-3-5-14(13)19/h2-7,10,20H,8-9,11H2,1H3,(H,21,24)(H,22,25). The fourth-order valence-corrected chi connectivity index (χ4v) is 3.27. The lowest BCUT2D eigenvalue weighted by Crippen LogP contribution is -2.38. The average Bonchev–Trinajstić information content (AvgIpc) is 2.69. The van der Waals surface area contributed by atoms with Gasteiger partial charge in [0.05, 0.1) is 26.9 Å². The van der Waals surface area contributed by atoms with Crippen molar-refractivity contribution in [3.05, 3.63) is 63.2 Å². The molecule has 10 nitrogen and oxygen atoms in total. The maximum absolute atomic E-state index is 12.0. The molecule has 0 saturated heterocycles. The topological polar surface area (TPSA) is 148 Å². The Morgan fingerprint density at radius 1 is 1.10 bits per heavy atom. The summed E-state index contributed by atoms with van der Waals surface area (Å²) in [6.07, 6.45) is 0.958. The zero-order valence-corrected chi connectivity index (χ0v) is 17.4. The summed E-state index contributed by atoms with van der Waals surface area (Å²) < 4.78 is 23.1. The van der Waals surface area contributed by atoms with Crippen LogP contribution in [0.5, 0.6) is 0 Å². The van der Waals surface area contributed by atoms with Crippen LogP contribution >= 0.6 is 11.6 Å². The van der Waals surface area contributed by atoms with E-state index in [0.717, 1.165) is 12.3 Å². The number of hydrogen-bond acceptors (Lipinski definition) is 7. The van der Waals surface area contributed by atoms with Gasteiger partial charge in [0.2, 0.25) is 5.91 Å². The van der Waals surface area contributed by atoms with E-state index < -0.39 is 32.3 Å². The van der Waals surface area contributed by atoms with E-state index in [4.69, 9.17) is 11.6 Å². The zero-order chi connectivity index (χ0) is 22.3. The van der Waals surface area contributed by atoms with Crippen molar-refractivity contribution in [2.75, 3.05) is 31.2 Å². The summed E-state index contributed by atoms with van der Waals surface area (Å²) in [7, 11) is -3.58. The first-order valence-electron chi connectivity index (χ1n) is 8.61. The summed E-state index contributed by atoms with van der Waals surface area (Å²) in [6, 6.07) is 9.94. The van der Waals surface area contributed by atoms with E-state index in [-0.39, 0.29) is 40.8 Å². The van der Waals surface area contributed by atoms with E-state index in [1.54, 1.807) is 18.2 Å². The van der Waals surface area contributed by atoms with Crippen molar-refractivity contribution >= 4 is 44.6 Å². The molecular weight excluding hydrogens is 436 g/mol. The Hall–Kier alpha value is -3.18. The number of hydrogen-bond donors (Lipinski definition) is 3. The Bertz CT molecular complexity index is 1070. The Kier molecular flexibility index (Phi) is 7.72. The lowest BCUT2D eigenvalue weighted by Gasteiger charge is -2.10. The quantitative estimate of drug-likeness (QED) is 0.296. The van der Waals surface area contributed by atoms with Gasteiger partial charge < -0.3 is 16.0 Å². The number of anilines is 1. The van der Waals surface area contributed by atoms with Gasteiger partial charge in [-0.3, -0.25) is 19.7 Å². The lowest BCUT2D eigenvalue weighted by molar-refractivity contribution is -0.384. The summed E-state index contributed by atoms with van der Waals surface area (Å²) in [5, 5.41) is 19.2. The maximum Gasteiger partial charge on any atom is 0.293 e. The molecule has 2 rings (SSSR count). The molecule has 12 heteroatoms. The van der Waals surface area contributed by atoms with Gasteiger partial charge in [-0.1, -0.05) is 23.7 Å². The molecule has 0 unspecified atom stereocenters. The van der Waals surface area contributed by atoms with Crippen LogP contribution in [-0.2, 0) is 14.6 Å². The molecule has 2 aromatic carbocycles. The van der Waals surface area contributed by atoms with Crippen LogP contribution in [0.25, 0.3) is 0 Å². The minimum Gasteiger partial charge on any atom is -0.378 e. The monoisotopic (exact) mass is 454 g/mol. The predicted molar refractivity (Wildman–Crippen MR) is 111 cm³/mol. The molecule has 0 aliphatic carbocycles. The summed E-state index contributed by atoms with van der Waals surface area (Å²) in [4.78, 5) is 34.2. The molecular formula is C18H19ClN4O6S. The number of nitrogens with one attached hydrogen (secondary N) is 3. The van der Waals surface area contributed by atoms with Gasteiger partial charge in [0.1, 0.15) is 5.69 Å². The van der Waals surface area contributed by atoms with Crippen molar-refractivity contribution in [2.24, 2.45) is 0 Å². The van der Waals surface area contributed by atoms with E-state index in [1.165, 1.54) is 18.2 Å². The van der Waals surface area contributed by atoms with Crippen LogP contribution in [0, 0.1) is 10.1 Å². The van der Waals surface area contributed by atoms with Crippen LogP contribution in [0.15, 0.2) is 47.4 Å². The zero-order valence-electron chi connectivity index (χ0n) is 15.8. The normalized spacial score (nSPS) is 10.9. The smallest absolute Gasteiger partial charge is 0.293 e. The molecule has 3 N–H and O–H groups in total. The van der Waals surface area contributed by atoms with E-state index in [2.05, 4.69) is 16.0 Å². The number of halogens is 1. The van der Waals surface area contributed by atoms with E-state index in [9.17, 15) is 28.1 Å². The van der Waals surface area contributed by atoms with Gasteiger partial charge in [-0.05, 0) is 24.3 Å². The van der Waals surface area contributed by atoms with Crippen molar-refractivity contribution in [1.82, 2.24) is 10.6 Å². The third-order valence-electron chi connectivity index (χ3n) is 3.88. The predicted octanol–water partition coefficient (Wildman–Crippen LogP) is 1.61. The average molecular weight is 455 g/mol. The second-order valence-electron chi connectivity index (χ2n) is 6.15. The molecule has 0 aromatic heterocycles. The van der Waals surface area contributed by atoms with Gasteiger partial charge in [-0.2, -0.15) is 0 Å². The van der Waals surface area contributed by atoms with Crippen LogP contribution in [0.1, 0.15) is 10.4 Å². The minimum atomic E-state index is -3.58. The van der Waals surface area contributed by atoms with Crippen LogP contribution in [-0.4, -0.2) is 51.0 Å². The van der Waals surface area contributed by atoms with Crippen molar-refractivity contribution in [3.63, 3.8) is 0 Å². The van der Waals surface area contributed by atoms with E-state index in [1.807, 2.05) is 0 Å². The number of nitrogens with zero attached hydrogens (tertiary/aromatic N) is 1. The second kappa shape index (κ2) is 10.0. The summed E-state index contributed by atoms with van der Waals surface area (Å²) in [5.74, 6) is -0.949. The van der Waals surface area contributed by atoms with Gasteiger partial charge in [0.15, 0.2) is 9.84 Å². The molecule has 0 bridgehead atoms. The van der Waals surface area contributed by atoms with Crippen molar-refractivity contribution in [1.29, 1.82) is 0 Å². The first-order chi connectivity index (χ1) is 14.1. The lowest BCUT2D eigenvalue weighted by atomic mass is 10.2. The van der Waals surface area contributed by atoms with E-state index in [0.29, 0.717) is 0 Å². The fraction of sp³-hybridized carbons (Fsp3) is 0.222. The number of nitro benzene ring substituents is 1. The molecule has 0 spiro atoms. The summed E-state index contributed by atoms with van der Waals surface area (Å²) >= 11 is 5.91. The number of sulfone groups is 1. The highest BCUT2D eigenvalue weighted by atomic mass is 35.5. The van der Waals surface area contributed by atoms with Crippen LogP contribution < -0.4 is 16.0 Å². The highest BCUT2D eigenvalue weighted by Crippen LogP contribution is 2.27. The first-order valence-corrected chi connectivity index (χ1v) is 10.9. The third kappa shape index (κ3) is 6.42. The highest BCUT2D eigenvalue weighted by molar-refractivity contribution is 7.90. The molecule has 160 valence electrons. The van der Waals surface area contributed by atoms with Gasteiger partial charge >= 0.3 is 0 Å². The first kappa shape index (κ1) is 23.1. The molecule has 0 fully saturated rings. The number of rotatable bonds is 9. The molecule has 0 heterocycles. The molecule has 30 heavy (non-hydrogen) atoms. The van der Waals surface area contributed by atoms with Crippen LogP contribution in [0.4, 0.5) is 11.4 Å². The molecule has 0 saturated carbocycles.